The molecular formula is C23H27ClF2N6O2. The number of carbonyl (C=O) groups excluding carboxylic acids is 1. The number of halogens is 3. The van der Waals surface area contributed by atoms with Gasteiger partial charge in [-0.05, 0) is 32.2 Å². The number of aromatic nitrogens is 3. The van der Waals surface area contributed by atoms with Crippen molar-refractivity contribution >= 4 is 34.2 Å². The van der Waals surface area contributed by atoms with E-state index in [0.717, 1.165) is 32.2 Å². The van der Waals surface area contributed by atoms with Crippen LogP contribution in [0.4, 0.5) is 14.6 Å². The molecule has 1 unspecified atom stereocenters. The molecule has 0 aliphatic carbocycles. The Morgan fingerprint density at radius 2 is 2.12 bits per heavy atom. The molecule has 1 amide bonds. The Hall–Kier alpha value is -2.33. The molecule has 4 saturated heterocycles. The van der Waals surface area contributed by atoms with Crippen molar-refractivity contribution < 1.29 is 18.3 Å². The number of nitrogens with zero attached hydrogens (tertiary/aromatic N) is 5. The maximum Gasteiger partial charge on any atom is 0.319 e. The topological polar surface area (TPSA) is 83.5 Å². The number of nitrogens with one attached hydrogen (secondary N) is 1. The highest BCUT2D eigenvalue weighted by Gasteiger charge is 2.49. The minimum Gasteiger partial charge on any atom is -0.461 e. The number of fused-ring (bicyclic) bond motifs is 2. The molecule has 4 fully saturated rings. The van der Waals surface area contributed by atoms with Gasteiger partial charge in [-0.2, -0.15) is 9.97 Å². The van der Waals surface area contributed by atoms with Crippen LogP contribution >= 0.6 is 11.6 Å². The van der Waals surface area contributed by atoms with Crippen LogP contribution in [0.5, 0.6) is 6.01 Å². The van der Waals surface area contributed by atoms with E-state index in [-0.39, 0.29) is 40.1 Å². The van der Waals surface area contributed by atoms with Crippen LogP contribution in [0.25, 0.3) is 10.9 Å². The summed E-state index contributed by atoms with van der Waals surface area (Å²) in [4.78, 5) is 29.2. The number of piperidine rings is 1. The minimum absolute atomic E-state index is 0.0486. The molecule has 1 N–H and O–H groups in total. The Morgan fingerprint density at radius 1 is 1.26 bits per heavy atom. The molecule has 0 bridgehead atoms. The summed E-state index contributed by atoms with van der Waals surface area (Å²) in [5.41, 5.74) is -0.483. The van der Waals surface area contributed by atoms with E-state index in [1.54, 1.807) is 0 Å². The normalized spacial score (nSPS) is 31.4. The molecular weight excluding hydrogens is 466 g/mol. The fourth-order valence-corrected chi connectivity index (χ4v) is 6.52. The van der Waals surface area contributed by atoms with Crippen molar-refractivity contribution in [1.29, 1.82) is 0 Å². The van der Waals surface area contributed by atoms with Crippen LogP contribution in [0.2, 0.25) is 5.15 Å². The molecule has 2 aromatic rings. The summed E-state index contributed by atoms with van der Waals surface area (Å²) in [6, 6.07) is 0.0486. The van der Waals surface area contributed by atoms with Gasteiger partial charge in [-0.15, -0.1) is 0 Å². The van der Waals surface area contributed by atoms with Crippen LogP contribution in [-0.2, 0) is 4.79 Å². The third-order valence-corrected chi connectivity index (χ3v) is 8.25. The molecule has 0 saturated carbocycles. The smallest absolute Gasteiger partial charge is 0.319 e. The maximum absolute atomic E-state index is 15.0. The molecule has 182 valence electrons. The van der Waals surface area contributed by atoms with Crippen molar-refractivity contribution in [3.05, 3.63) is 17.2 Å². The maximum atomic E-state index is 15.0. The zero-order valence-corrected chi connectivity index (χ0v) is 19.6. The van der Waals surface area contributed by atoms with Crippen molar-refractivity contribution in [2.75, 3.05) is 44.2 Å². The first kappa shape index (κ1) is 22.2. The Morgan fingerprint density at radius 3 is 2.94 bits per heavy atom. The molecule has 1 spiro atoms. The number of amides is 1. The summed E-state index contributed by atoms with van der Waals surface area (Å²) in [6.45, 7) is 3.48. The molecule has 11 heteroatoms. The fraction of sp³-hybridized carbons (Fsp3) is 0.652. The van der Waals surface area contributed by atoms with E-state index in [0.29, 0.717) is 50.2 Å². The highest BCUT2D eigenvalue weighted by atomic mass is 35.5. The van der Waals surface area contributed by atoms with Crippen LogP contribution in [0.1, 0.15) is 38.5 Å². The third-order valence-electron chi connectivity index (χ3n) is 7.99. The van der Waals surface area contributed by atoms with E-state index in [9.17, 15) is 9.18 Å². The van der Waals surface area contributed by atoms with Crippen LogP contribution in [0, 0.1) is 11.2 Å². The lowest BCUT2D eigenvalue weighted by molar-refractivity contribution is -0.119. The van der Waals surface area contributed by atoms with Crippen LogP contribution in [-0.4, -0.2) is 76.8 Å². The molecule has 2 aromatic heterocycles. The van der Waals surface area contributed by atoms with E-state index >= 15 is 4.39 Å². The predicted octanol–water partition coefficient (Wildman–Crippen LogP) is 2.88. The second-order valence-corrected chi connectivity index (χ2v) is 10.7. The van der Waals surface area contributed by atoms with E-state index in [2.05, 4.69) is 30.1 Å². The van der Waals surface area contributed by atoms with Crippen LogP contribution in [0.3, 0.4) is 0 Å². The van der Waals surface area contributed by atoms with E-state index in [4.69, 9.17) is 16.3 Å². The van der Waals surface area contributed by atoms with Crippen LogP contribution < -0.4 is 15.0 Å². The summed E-state index contributed by atoms with van der Waals surface area (Å²) < 4.78 is 35.2. The van der Waals surface area contributed by atoms with Gasteiger partial charge in [0.05, 0.1) is 10.9 Å². The third kappa shape index (κ3) is 3.66. The first-order valence-corrected chi connectivity index (χ1v) is 12.3. The van der Waals surface area contributed by atoms with Crippen molar-refractivity contribution in [2.45, 2.75) is 50.2 Å². The van der Waals surface area contributed by atoms with Gasteiger partial charge in [0.15, 0.2) is 11.0 Å². The number of anilines is 1. The highest BCUT2D eigenvalue weighted by molar-refractivity contribution is 6.30. The Balaban J connectivity index is 1.35. The molecule has 6 rings (SSSR count). The van der Waals surface area contributed by atoms with E-state index < -0.39 is 12.0 Å². The van der Waals surface area contributed by atoms with Crippen molar-refractivity contribution in [2.24, 2.45) is 5.41 Å². The van der Waals surface area contributed by atoms with Crippen molar-refractivity contribution in [3.8, 4) is 6.01 Å². The molecule has 0 radical (unpaired) electrons. The quantitative estimate of drug-likeness (QED) is 0.657. The van der Waals surface area contributed by atoms with Gasteiger partial charge in [0, 0.05) is 50.6 Å². The highest BCUT2D eigenvalue weighted by Crippen LogP contribution is 2.42. The predicted molar refractivity (Wildman–Crippen MR) is 122 cm³/mol. The number of pyridine rings is 1. The Bertz CT molecular complexity index is 1150. The first-order valence-electron chi connectivity index (χ1n) is 11.9. The summed E-state index contributed by atoms with van der Waals surface area (Å²) in [6.07, 6.45) is 5.19. The average molecular weight is 493 g/mol. The van der Waals surface area contributed by atoms with Crippen molar-refractivity contribution in [1.82, 2.24) is 25.2 Å². The summed E-state index contributed by atoms with van der Waals surface area (Å²) >= 11 is 5.97. The lowest BCUT2D eigenvalue weighted by atomic mass is 9.79. The van der Waals surface area contributed by atoms with Gasteiger partial charge in [-0.3, -0.25) is 9.69 Å². The number of hydrogen-bond acceptors (Lipinski definition) is 7. The Labute approximate surface area is 201 Å². The van der Waals surface area contributed by atoms with E-state index in [1.165, 1.54) is 6.20 Å². The number of ether oxygens (including phenoxy) is 1. The standard InChI is InChI=1S/C23H27ClF2N6O2/c24-19-17(26)18-15(9-27-19)20(31-5-1-3-22(12-31)8-16(33)28-11-22)30-21(29-18)34-13-23-4-2-6-32(23)10-14(25)7-23/h9,14H,1-8,10-13H2,(H,28,33)/t14-,22?,23+/m1/s1. The Kier molecular flexibility index (Phi) is 5.29. The number of rotatable bonds is 4. The summed E-state index contributed by atoms with van der Waals surface area (Å²) in [7, 11) is 0. The van der Waals surface area contributed by atoms with Gasteiger partial charge in [0.25, 0.3) is 0 Å². The minimum atomic E-state index is -0.869. The lowest BCUT2D eigenvalue weighted by Gasteiger charge is -2.40. The van der Waals surface area contributed by atoms with Crippen LogP contribution in [0.15, 0.2) is 6.20 Å². The fourth-order valence-electron chi connectivity index (χ4n) is 6.38. The van der Waals surface area contributed by atoms with Gasteiger partial charge in [0.2, 0.25) is 5.91 Å². The van der Waals surface area contributed by atoms with Gasteiger partial charge < -0.3 is 15.0 Å². The second kappa shape index (κ2) is 8.12. The number of carbonyl (C=O) groups is 1. The largest absolute Gasteiger partial charge is 0.461 e. The first-order chi connectivity index (χ1) is 16.4. The van der Waals surface area contributed by atoms with Gasteiger partial charge in [0.1, 0.15) is 24.1 Å². The molecule has 4 aliphatic rings. The molecule has 8 nitrogen and oxygen atoms in total. The number of alkyl halides is 1. The molecule has 3 atom stereocenters. The molecule has 0 aromatic carbocycles. The monoisotopic (exact) mass is 492 g/mol. The zero-order chi connectivity index (χ0) is 23.5. The SMILES string of the molecule is O=C1CC2(CCCN(c3nc(OC[C@@]45CCCN4C[C@H](F)C5)nc4c(F)c(Cl)ncc34)C2)CN1. The molecule has 6 heterocycles. The second-order valence-electron chi connectivity index (χ2n) is 10.3. The van der Waals surface area contributed by atoms with E-state index in [1.807, 2.05) is 0 Å². The van der Waals surface area contributed by atoms with Gasteiger partial charge in [-0.1, -0.05) is 11.6 Å². The summed E-state index contributed by atoms with van der Waals surface area (Å²) in [5.74, 6) is -0.138. The zero-order valence-electron chi connectivity index (χ0n) is 18.8. The van der Waals surface area contributed by atoms with Gasteiger partial charge >= 0.3 is 6.01 Å². The molecule has 34 heavy (non-hydrogen) atoms. The lowest BCUT2D eigenvalue weighted by Crippen LogP contribution is -2.45. The van der Waals surface area contributed by atoms with Gasteiger partial charge in [-0.25, -0.2) is 13.8 Å². The average Bonchev–Trinajstić information content (AvgIpc) is 3.46. The summed E-state index contributed by atoms with van der Waals surface area (Å²) in [5, 5.41) is 3.13. The van der Waals surface area contributed by atoms with Crippen molar-refractivity contribution in [3.63, 3.8) is 0 Å². The molecule has 4 aliphatic heterocycles. The number of hydrogen-bond donors (Lipinski definition) is 1.